The fourth-order valence-electron chi connectivity index (χ4n) is 2.64. The summed E-state index contributed by atoms with van der Waals surface area (Å²) in [5.74, 6) is -0.311. The van der Waals surface area contributed by atoms with Gasteiger partial charge >= 0.3 is 0 Å². The van der Waals surface area contributed by atoms with Gasteiger partial charge in [-0.3, -0.25) is 4.98 Å². The van der Waals surface area contributed by atoms with E-state index in [2.05, 4.69) is 18.0 Å². The van der Waals surface area contributed by atoms with E-state index in [1.54, 1.807) is 0 Å². The van der Waals surface area contributed by atoms with Gasteiger partial charge in [0.2, 0.25) is 0 Å². The first kappa shape index (κ1) is 10.2. The van der Waals surface area contributed by atoms with E-state index < -0.39 is 0 Å². The summed E-state index contributed by atoms with van der Waals surface area (Å²) < 4.78 is 11.5. The van der Waals surface area contributed by atoms with Crippen molar-refractivity contribution >= 4 is 0 Å². The van der Waals surface area contributed by atoms with Crippen LogP contribution in [-0.4, -0.2) is 24.0 Å². The number of hydrogen-bond donors (Lipinski definition) is 0. The minimum absolute atomic E-state index is 0.311. The first-order chi connectivity index (χ1) is 7.77. The molecule has 1 fully saturated rings. The van der Waals surface area contributed by atoms with Crippen LogP contribution in [0.4, 0.5) is 0 Å². The third-order valence-corrected chi connectivity index (χ3v) is 3.53. The van der Waals surface area contributed by atoms with Gasteiger partial charge in [-0.05, 0) is 30.9 Å². The molecule has 1 aromatic heterocycles. The van der Waals surface area contributed by atoms with Crippen molar-refractivity contribution < 1.29 is 9.47 Å². The first-order valence-corrected chi connectivity index (χ1v) is 6.00. The lowest BCUT2D eigenvalue weighted by atomic mass is 10.1. The molecule has 3 rings (SSSR count). The molecule has 0 unspecified atom stereocenters. The van der Waals surface area contributed by atoms with Crippen LogP contribution in [0, 0.1) is 6.92 Å². The molecular weight excluding hydrogens is 202 g/mol. The summed E-state index contributed by atoms with van der Waals surface area (Å²) in [7, 11) is 0. The maximum Gasteiger partial charge on any atom is 0.169 e. The number of aryl methyl sites for hydroxylation is 3. The van der Waals surface area contributed by atoms with Crippen LogP contribution in [0.2, 0.25) is 0 Å². The zero-order valence-electron chi connectivity index (χ0n) is 9.66. The predicted octanol–water partition coefficient (Wildman–Crippen LogP) is 2.01. The highest BCUT2D eigenvalue weighted by atomic mass is 16.7. The molecule has 1 aliphatic carbocycles. The van der Waals surface area contributed by atoms with E-state index in [4.69, 9.17) is 9.47 Å². The van der Waals surface area contributed by atoms with Crippen LogP contribution in [0.15, 0.2) is 12.3 Å². The zero-order valence-corrected chi connectivity index (χ0v) is 9.66. The Hall–Kier alpha value is -0.930. The van der Waals surface area contributed by atoms with Crippen LogP contribution in [-0.2, 0) is 22.3 Å². The molecule has 3 heteroatoms. The second-order valence-electron chi connectivity index (χ2n) is 4.73. The zero-order chi connectivity index (χ0) is 11.0. The summed E-state index contributed by atoms with van der Waals surface area (Å²) >= 11 is 0. The Balaban J connectivity index is 1.86. The van der Waals surface area contributed by atoms with Gasteiger partial charge in [-0.1, -0.05) is 6.07 Å². The monoisotopic (exact) mass is 219 g/mol. The van der Waals surface area contributed by atoms with Gasteiger partial charge in [-0.25, -0.2) is 0 Å². The maximum atomic E-state index is 5.77. The SMILES string of the molecule is Cc1cnc2c(c1)CCC1(CC2)OCCO1. The Kier molecular flexibility index (Phi) is 2.45. The van der Waals surface area contributed by atoms with Gasteiger partial charge in [0.25, 0.3) is 0 Å². The fourth-order valence-corrected chi connectivity index (χ4v) is 2.64. The van der Waals surface area contributed by atoms with Gasteiger partial charge in [0.15, 0.2) is 5.79 Å². The van der Waals surface area contributed by atoms with Crippen LogP contribution in [0.3, 0.4) is 0 Å². The van der Waals surface area contributed by atoms with Crippen LogP contribution in [0.5, 0.6) is 0 Å². The van der Waals surface area contributed by atoms with E-state index in [9.17, 15) is 0 Å². The number of ether oxygens (including phenoxy) is 2. The van der Waals surface area contributed by atoms with E-state index in [1.807, 2.05) is 6.20 Å². The molecule has 0 atom stereocenters. The fraction of sp³-hybridized carbons (Fsp3) is 0.615. The van der Waals surface area contributed by atoms with Crippen molar-refractivity contribution in [3.8, 4) is 0 Å². The topological polar surface area (TPSA) is 31.4 Å². The van der Waals surface area contributed by atoms with Gasteiger partial charge in [0.1, 0.15) is 0 Å². The lowest BCUT2D eigenvalue weighted by Crippen LogP contribution is -2.30. The molecule has 3 nitrogen and oxygen atoms in total. The lowest BCUT2D eigenvalue weighted by molar-refractivity contribution is -0.164. The smallest absolute Gasteiger partial charge is 0.169 e. The van der Waals surface area contributed by atoms with E-state index in [1.165, 1.54) is 16.8 Å². The van der Waals surface area contributed by atoms with Crippen LogP contribution in [0.25, 0.3) is 0 Å². The van der Waals surface area contributed by atoms with Crippen LogP contribution >= 0.6 is 0 Å². The number of rotatable bonds is 0. The predicted molar refractivity (Wildman–Crippen MR) is 60.3 cm³/mol. The summed E-state index contributed by atoms with van der Waals surface area (Å²) in [6.07, 6.45) is 5.84. The third-order valence-electron chi connectivity index (χ3n) is 3.53. The molecule has 86 valence electrons. The molecule has 1 aliphatic heterocycles. The van der Waals surface area contributed by atoms with Gasteiger partial charge in [-0.15, -0.1) is 0 Å². The van der Waals surface area contributed by atoms with E-state index >= 15 is 0 Å². The highest BCUT2D eigenvalue weighted by Crippen LogP contribution is 2.33. The molecule has 0 N–H and O–H groups in total. The minimum atomic E-state index is -0.311. The Morgan fingerprint density at radius 3 is 2.75 bits per heavy atom. The van der Waals surface area contributed by atoms with Crippen molar-refractivity contribution in [2.45, 2.75) is 38.4 Å². The summed E-state index contributed by atoms with van der Waals surface area (Å²) in [6.45, 7) is 3.57. The van der Waals surface area contributed by atoms with Gasteiger partial charge in [-0.2, -0.15) is 0 Å². The van der Waals surface area contributed by atoms with E-state index in [0.717, 1.165) is 38.9 Å². The number of hydrogen-bond acceptors (Lipinski definition) is 3. The van der Waals surface area contributed by atoms with Gasteiger partial charge in [0, 0.05) is 24.7 Å². The largest absolute Gasteiger partial charge is 0.348 e. The molecule has 1 saturated heterocycles. The average Bonchev–Trinajstić information content (AvgIpc) is 2.66. The standard InChI is InChI=1S/C13H17NO2/c1-10-8-11-2-4-13(15-6-7-16-13)5-3-12(11)14-9-10/h8-9H,2-7H2,1H3. The first-order valence-electron chi connectivity index (χ1n) is 6.00. The van der Waals surface area contributed by atoms with Crippen molar-refractivity contribution in [3.63, 3.8) is 0 Å². The maximum absolute atomic E-state index is 5.77. The molecule has 16 heavy (non-hydrogen) atoms. The molecule has 0 bridgehead atoms. The Bertz CT molecular complexity index is 397. The number of aromatic nitrogens is 1. The van der Waals surface area contributed by atoms with Crippen LogP contribution < -0.4 is 0 Å². The summed E-state index contributed by atoms with van der Waals surface area (Å²) in [6, 6.07) is 2.25. The van der Waals surface area contributed by atoms with E-state index in [-0.39, 0.29) is 5.79 Å². The quantitative estimate of drug-likeness (QED) is 0.669. The second-order valence-corrected chi connectivity index (χ2v) is 4.73. The molecule has 1 aromatic rings. The van der Waals surface area contributed by atoms with Crippen molar-refractivity contribution in [1.82, 2.24) is 4.98 Å². The number of pyridine rings is 1. The summed E-state index contributed by atoms with van der Waals surface area (Å²) in [5, 5.41) is 0. The molecule has 0 radical (unpaired) electrons. The third kappa shape index (κ3) is 1.74. The molecule has 0 aromatic carbocycles. The number of nitrogens with zero attached hydrogens (tertiary/aromatic N) is 1. The van der Waals surface area contributed by atoms with Crippen molar-refractivity contribution in [2.75, 3.05) is 13.2 Å². The average molecular weight is 219 g/mol. The Morgan fingerprint density at radius 1 is 1.19 bits per heavy atom. The highest BCUT2D eigenvalue weighted by molar-refractivity contribution is 5.26. The Labute approximate surface area is 95.8 Å². The van der Waals surface area contributed by atoms with Crippen molar-refractivity contribution in [1.29, 1.82) is 0 Å². The van der Waals surface area contributed by atoms with Gasteiger partial charge in [0.05, 0.1) is 13.2 Å². The molecule has 1 spiro atoms. The van der Waals surface area contributed by atoms with Crippen molar-refractivity contribution in [2.24, 2.45) is 0 Å². The normalized spacial score (nSPS) is 23.1. The summed E-state index contributed by atoms with van der Waals surface area (Å²) in [5.41, 5.74) is 3.83. The molecular formula is C13H17NO2. The van der Waals surface area contributed by atoms with Crippen LogP contribution in [0.1, 0.15) is 29.7 Å². The summed E-state index contributed by atoms with van der Waals surface area (Å²) in [4.78, 5) is 4.52. The molecule has 0 amide bonds. The molecule has 2 aliphatic rings. The van der Waals surface area contributed by atoms with E-state index in [0.29, 0.717) is 0 Å². The highest BCUT2D eigenvalue weighted by Gasteiger charge is 2.37. The molecule has 0 saturated carbocycles. The molecule has 2 heterocycles. The minimum Gasteiger partial charge on any atom is -0.348 e. The van der Waals surface area contributed by atoms with Gasteiger partial charge < -0.3 is 9.47 Å². The second kappa shape index (κ2) is 3.82. The lowest BCUT2D eigenvalue weighted by Gasteiger charge is -2.25. The Morgan fingerprint density at radius 2 is 1.94 bits per heavy atom. The van der Waals surface area contributed by atoms with Crippen molar-refractivity contribution in [3.05, 3.63) is 29.1 Å². The number of fused-ring (bicyclic) bond motifs is 1.